The van der Waals surface area contributed by atoms with Crippen molar-refractivity contribution in [3.8, 4) is 0 Å². The Balaban J connectivity index is 4.72. The molecule has 0 atom stereocenters. The van der Waals surface area contributed by atoms with Crippen LogP contribution in [0, 0.1) is 0 Å². The van der Waals surface area contributed by atoms with Gasteiger partial charge in [-0.2, -0.15) is 0 Å². The standard InChI is InChI=1S/C14H28O3Si/c1-5-9-10-14-18(15-11-6-2,16-12-7-3)17-13-8-4/h5,9-10,14H,6-8,11-13H2,1-4H3. The second-order valence-electron chi connectivity index (χ2n) is 4.03. The summed E-state index contributed by atoms with van der Waals surface area (Å²) < 4.78 is 17.7. The Kier molecular flexibility index (Phi) is 11.4. The molecule has 106 valence electrons. The minimum atomic E-state index is -2.63. The Morgan fingerprint density at radius 2 is 1.22 bits per heavy atom. The molecule has 0 heterocycles. The van der Waals surface area contributed by atoms with E-state index < -0.39 is 8.80 Å². The predicted molar refractivity (Wildman–Crippen MR) is 78.4 cm³/mol. The lowest BCUT2D eigenvalue weighted by atomic mass is 10.5. The summed E-state index contributed by atoms with van der Waals surface area (Å²) in [7, 11) is -2.63. The largest absolute Gasteiger partial charge is 0.529 e. The van der Waals surface area contributed by atoms with Crippen LogP contribution in [0.25, 0.3) is 0 Å². The lowest BCUT2D eigenvalue weighted by molar-refractivity contribution is 0.0716. The molecule has 0 unspecified atom stereocenters. The van der Waals surface area contributed by atoms with Crippen molar-refractivity contribution in [1.29, 1.82) is 0 Å². The van der Waals surface area contributed by atoms with E-state index in [1.165, 1.54) is 0 Å². The van der Waals surface area contributed by atoms with Gasteiger partial charge in [0, 0.05) is 19.8 Å². The van der Waals surface area contributed by atoms with Crippen molar-refractivity contribution in [3.63, 3.8) is 0 Å². The molecular formula is C14H28O3Si. The van der Waals surface area contributed by atoms with Crippen molar-refractivity contribution < 1.29 is 13.3 Å². The highest BCUT2D eigenvalue weighted by Gasteiger charge is 2.37. The van der Waals surface area contributed by atoms with E-state index in [0.29, 0.717) is 19.8 Å². The molecule has 0 rings (SSSR count). The van der Waals surface area contributed by atoms with Crippen molar-refractivity contribution in [3.05, 3.63) is 23.9 Å². The van der Waals surface area contributed by atoms with Gasteiger partial charge in [-0.1, -0.05) is 39.0 Å². The van der Waals surface area contributed by atoms with Crippen LogP contribution >= 0.6 is 0 Å². The van der Waals surface area contributed by atoms with E-state index in [1.807, 2.05) is 30.9 Å². The molecule has 4 heteroatoms. The van der Waals surface area contributed by atoms with Gasteiger partial charge in [0.2, 0.25) is 0 Å². The van der Waals surface area contributed by atoms with Crippen LogP contribution in [0.2, 0.25) is 0 Å². The molecule has 0 spiro atoms. The summed E-state index contributed by atoms with van der Waals surface area (Å²) in [5, 5.41) is 0. The highest BCUT2D eigenvalue weighted by Crippen LogP contribution is 2.14. The van der Waals surface area contributed by atoms with E-state index in [-0.39, 0.29) is 0 Å². The van der Waals surface area contributed by atoms with E-state index in [9.17, 15) is 0 Å². The van der Waals surface area contributed by atoms with E-state index in [0.717, 1.165) is 19.3 Å². The molecule has 0 fully saturated rings. The zero-order valence-corrected chi connectivity index (χ0v) is 13.3. The number of rotatable bonds is 11. The van der Waals surface area contributed by atoms with Crippen LogP contribution in [0.3, 0.4) is 0 Å². The van der Waals surface area contributed by atoms with Gasteiger partial charge in [-0.25, -0.2) is 0 Å². The van der Waals surface area contributed by atoms with Gasteiger partial charge in [-0.05, 0) is 31.9 Å². The Labute approximate surface area is 113 Å². The molecule has 18 heavy (non-hydrogen) atoms. The van der Waals surface area contributed by atoms with Crippen LogP contribution in [0.4, 0.5) is 0 Å². The van der Waals surface area contributed by atoms with Crippen LogP contribution in [0.1, 0.15) is 47.0 Å². The Morgan fingerprint density at radius 3 is 1.56 bits per heavy atom. The summed E-state index contributed by atoms with van der Waals surface area (Å²) in [5.41, 5.74) is 1.98. The van der Waals surface area contributed by atoms with E-state index in [4.69, 9.17) is 13.3 Å². The van der Waals surface area contributed by atoms with Crippen molar-refractivity contribution in [1.82, 2.24) is 0 Å². The highest BCUT2D eigenvalue weighted by molar-refractivity contribution is 6.66. The first-order chi connectivity index (χ1) is 8.74. The predicted octanol–water partition coefficient (Wildman–Crippen LogP) is 3.88. The average molecular weight is 272 g/mol. The Morgan fingerprint density at radius 1 is 0.778 bits per heavy atom. The summed E-state index contributed by atoms with van der Waals surface area (Å²) in [6.07, 6.45) is 8.83. The summed E-state index contributed by atoms with van der Waals surface area (Å²) >= 11 is 0. The quantitative estimate of drug-likeness (QED) is 0.422. The summed E-state index contributed by atoms with van der Waals surface area (Å²) in [6.45, 7) is 10.3. The van der Waals surface area contributed by atoms with Crippen LogP contribution in [-0.2, 0) is 13.3 Å². The van der Waals surface area contributed by atoms with Gasteiger partial charge in [0.1, 0.15) is 0 Å². The lowest BCUT2D eigenvalue weighted by Gasteiger charge is -2.26. The average Bonchev–Trinajstić information content (AvgIpc) is 2.40. The van der Waals surface area contributed by atoms with Crippen molar-refractivity contribution in [2.45, 2.75) is 47.0 Å². The first-order valence-corrected chi connectivity index (χ1v) is 8.77. The number of allylic oxidation sites excluding steroid dienone is 3. The first-order valence-electron chi connectivity index (χ1n) is 6.97. The van der Waals surface area contributed by atoms with Gasteiger partial charge in [-0.3, -0.25) is 0 Å². The van der Waals surface area contributed by atoms with Crippen LogP contribution in [-0.4, -0.2) is 28.6 Å². The molecule has 0 aromatic carbocycles. The van der Waals surface area contributed by atoms with Gasteiger partial charge in [0.25, 0.3) is 0 Å². The minimum absolute atomic E-state index is 0.680. The summed E-state index contributed by atoms with van der Waals surface area (Å²) in [4.78, 5) is 0. The Bertz CT molecular complexity index is 217. The second kappa shape index (κ2) is 11.7. The lowest BCUT2D eigenvalue weighted by Crippen LogP contribution is -2.45. The molecule has 0 bridgehead atoms. The van der Waals surface area contributed by atoms with E-state index in [2.05, 4.69) is 20.8 Å². The smallest absolute Gasteiger partial charge is 0.370 e. The minimum Gasteiger partial charge on any atom is -0.370 e. The van der Waals surface area contributed by atoms with E-state index in [1.54, 1.807) is 0 Å². The maximum Gasteiger partial charge on any atom is 0.529 e. The molecule has 0 saturated heterocycles. The third-order valence-electron chi connectivity index (χ3n) is 2.13. The summed E-state index contributed by atoms with van der Waals surface area (Å²) in [5.74, 6) is 0. The Hall–Kier alpha value is -0.423. The van der Waals surface area contributed by atoms with Crippen LogP contribution in [0.5, 0.6) is 0 Å². The van der Waals surface area contributed by atoms with Crippen LogP contribution in [0.15, 0.2) is 23.9 Å². The molecule has 0 aromatic heterocycles. The highest BCUT2D eigenvalue weighted by atomic mass is 28.4. The normalized spacial score (nSPS) is 12.9. The SMILES string of the molecule is CC=CC=C[Si](OCCC)(OCCC)OCCC. The maximum absolute atomic E-state index is 5.90. The monoisotopic (exact) mass is 272 g/mol. The number of hydrogen-bond donors (Lipinski definition) is 0. The molecule has 3 nitrogen and oxygen atoms in total. The molecule has 0 N–H and O–H groups in total. The fourth-order valence-corrected chi connectivity index (χ4v) is 3.64. The van der Waals surface area contributed by atoms with Crippen LogP contribution < -0.4 is 0 Å². The van der Waals surface area contributed by atoms with Gasteiger partial charge >= 0.3 is 8.80 Å². The van der Waals surface area contributed by atoms with E-state index >= 15 is 0 Å². The molecular weight excluding hydrogens is 244 g/mol. The van der Waals surface area contributed by atoms with Gasteiger partial charge in [-0.15, -0.1) is 0 Å². The zero-order valence-electron chi connectivity index (χ0n) is 12.3. The second-order valence-corrected chi connectivity index (χ2v) is 6.44. The topological polar surface area (TPSA) is 27.7 Å². The fourth-order valence-electron chi connectivity index (χ4n) is 1.29. The first kappa shape index (κ1) is 17.6. The third-order valence-corrected chi connectivity index (χ3v) is 4.55. The van der Waals surface area contributed by atoms with Gasteiger partial charge in [0.15, 0.2) is 0 Å². The molecule has 0 aliphatic carbocycles. The molecule has 0 aromatic rings. The molecule has 0 saturated carbocycles. The maximum atomic E-state index is 5.90. The van der Waals surface area contributed by atoms with Crippen molar-refractivity contribution >= 4 is 8.80 Å². The number of hydrogen-bond acceptors (Lipinski definition) is 3. The summed E-state index contributed by atoms with van der Waals surface area (Å²) in [6, 6.07) is 0. The van der Waals surface area contributed by atoms with Crippen molar-refractivity contribution in [2.75, 3.05) is 19.8 Å². The van der Waals surface area contributed by atoms with Gasteiger partial charge < -0.3 is 13.3 Å². The molecule has 0 amide bonds. The molecule has 0 aliphatic heterocycles. The third kappa shape index (κ3) is 7.82. The van der Waals surface area contributed by atoms with Gasteiger partial charge in [0.05, 0.1) is 0 Å². The zero-order chi connectivity index (χ0) is 13.7. The fraction of sp³-hybridized carbons (Fsp3) is 0.714. The van der Waals surface area contributed by atoms with Crippen molar-refractivity contribution in [2.24, 2.45) is 0 Å². The molecule has 0 aliphatic rings. The molecule has 0 radical (unpaired) electrons.